The van der Waals surface area contributed by atoms with Crippen molar-refractivity contribution in [2.24, 2.45) is 10.3 Å². The zero-order chi connectivity index (χ0) is 19.3. The number of hydrogen-bond acceptors (Lipinski definition) is 3. The van der Waals surface area contributed by atoms with Gasteiger partial charge in [-0.2, -0.15) is 0 Å². The molecule has 28 heavy (non-hydrogen) atoms. The molecule has 0 heterocycles. The summed E-state index contributed by atoms with van der Waals surface area (Å²) in [7, 11) is 0. The van der Waals surface area contributed by atoms with Gasteiger partial charge in [0.25, 0.3) is 0 Å². The van der Waals surface area contributed by atoms with Gasteiger partial charge in [-0.25, -0.2) is 4.79 Å². The number of aromatic carboxylic acids is 1. The molecule has 0 atom stereocenters. The largest absolute Gasteiger partial charge is 0.478 e. The lowest BCUT2D eigenvalue weighted by Gasteiger charge is -2.09. The van der Waals surface area contributed by atoms with Crippen molar-refractivity contribution in [3.05, 3.63) is 96.6 Å². The molecule has 0 spiro atoms. The highest BCUT2D eigenvalue weighted by Gasteiger charge is 2.10. The van der Waals surface area contributed by atoms with Crippen LogP contribution in [0.4, 0.5) is 11.4 Å². The van der Waals surface area contributed by atoms with E-state index in [0.29, 0.717) is 5.69 Å². The number of rotatable bonds is 5. The van der Waals surface area contributed by atoms with Gasteiger partial charge in [0.2, 0.25) is 0 Å². The Morgan fingerprint density at radius 2 is 1.50 bits per heavy atom. The molecule has 2 N–H and O–H groups in total. The van der Waals surface area contributed by atoms with Gasteiger partial charge >= 0.3 is 5.97 Å². The lowest BCUT2D eigenvalue weighted by Crippen LogP contribution is -2.01. The van der Waals surface area contributed by atoms with Crippen molar-refractivity contribution in [3.63, 3.8) is 0 Å². The molecule has 0 aromatic heterocycles. The Morgan fingerprint density at radius 1 is 0.786 bits per heavy atom. The smallest absolute Gasteiger partial charge is 0.337 e. The van der Waals surface area contributed by atoms with Gasteiger partial charge in [0.1, 0.15) is 5.69 Å². The minimum absolute atomic E-state index is 0.141. The van der Waals surface area contributed by atoms with Crippen LogP contribution >= 0.6 is 0 Å². The lowest BCUT2D eigenvalue weighted by atomic mass is 9.99. The number of anilines is 1. The van der Waals surface area contributed by atoms with E-state index in [9.17, 15) is 9.90 Å². The normalized spacial score (nSPS) is 11.0. The summed E-state index contributed by atoms with van der Waals surface area (Å²) in [6.07, 6.45) is 0. The number of hydrogen-bond donors (Lipinski definition) is 2. The summed E-state index contributed by atoms with van der Waals surface area (Å²) < 4.78 is 0. The Morgan fingerprint density at radius 3 is 2.32 bits per heavy atom. The van der Waals surface area contributed by atoms with Gasteiger partial charge in [-0.15, -0.1) is 5.11 Å². The van der Waals surface area contributed by atoms with Crippen LogP contribution in [0.5, 0.6) is 0 Å². The van der Waals surface area contributed by atoms with E-state index in [1.54, 1.807) is 18.2 Å². The number of benzene rings is 4. The molecule has 5 heteroatoms. The fourth-order valence-electron chi connectivity index (χ4n) is 3.11. The van der Waals surface area contributed by atoms with Crippen LogP contribution in [0.2, 0.25) is 0 Å². The van der Waals surface area contributed by atoms with E-state index in [4.69, 9.17) is 0 Å². The standard InChI is InChI=1S/C23H17N3O2/c27-23(28)20-12-6-7-13-21(20)24-26-25-22-18-11-5-4-10-17(18)14-15-19(22)16-8-2-1-3-9-16/h1-15H,(H,24,25)(H,27,28). The SMILES string of the molecule is O=C(O)c1ccccc1NN=Nc1c(-c2ccccc2)ccc2ccccc12. The van der Waals surface area contributed by atoms with Crippen LogP contribution in [0.3, 0.4) is 0 Å². The van der Waals surface area contributed by atoms with Crippen LogP contribution in [0.15, 0.2) is 101 Å². The van der Waals surface area contributed by atoms with E-state index in [-0.39, 0.29) is 5.56 Å². The Balaban J connectivity index is 1.77. The zero-order valence-corrected chi connectivity index (χ0v) is 14.9. The average molecular weight is 367 g/mol. The summed E-state index contributed by atoms with van der Waals surface area (Å²) in [5.74, 6) is -1.02. The van der Waals surface area contributed by atoms with Gasteiger partial charge < -0.3 is 5.11 Å². The van der Waals surface area contributed by atoms with Crippen molar-refractivity contribution in [1.29, 1.82) is 0 Å². The van der Waals surface area contributed by atoms with Gasteiger partial charge in [-0.1, -0.05) is 84.1 Å². The first-order valence-electron chi connectivity index (χ1n) is 8.80. The molecule has 0 radical (unpaired) electrons. The Labute approximate surface area is 162 Å². The first kappa shape index (κ1) is 17.4. The maximum atomic E-state index is 11.4. The second kappa shape index (κ2) is 7.72. The predicted octanol–water partition coefficient (Wildman–Crippen LogP) is 6.32. The van der Waals surface area contributed by atoms with Gasteiger partial charge in [-0.3, -0.25) is 5.43 Å². The molecule has 4 aromatic rings. The quantitative estimate of drug-likeness (QED) is 0.320. The highest BCUT2D eigenvalue weighted by Crippen LogP contribution is 2.37. The average Bonchev–Trinajstić information content (AvgIpc) is 2.74. The van der Waals surface area contributed by atoms with E-state index in [2.05, 4.69) is 21.8 Å². The molecule has 136 valence electrons. The molecule has 5 nitrogen and oxygen atoms in total. The van der Waals surface area contributed by atoms with E-state index < -0.39 is 5.97 Å². The monoisotopic (exact) mass is 367 g/mol. The molecule has 4 aromatic carbocycles. The number of nitrogens with zero attached hydrogens (tertiary/aromatic N) is 2. The molecule has 0 aliphatic carbocycles. The molecular weight excluding hydrogens is 350 g/mol. The van der Waals surface area contributed by atoms with Crippen LogP contribution in [-0.2, 0) is 0 Å². The number of fused-ring (bicyclic) bond motifs is 1. The summed E-state index contributed by atoms with van der Waals surface area (Å²) in [5, 5.41) is 19.9. The van der Waals surface area contributed by atoms with Crippen molar-refractivity contribution < 1.29 is 9.90 Å². The Kier molecular flexibility index (Phi) is 4.80. The maximum absolute atomic E-state index is 11.4. The first-order chi connectivity index (χ1) is 13.7. The topological polar surface area (TPSA) is 74.0 Å². The highest BCUT2D eigenvalue weighted by atomic mass is 16.4. The summed E-state index contributed by atoms with van der Waals surface area (Å²) in [5.41, 5.74) is 6.01. The van der Waals surface area contributed by atoms with Crippen molar-refractivity contribution in [2.45, 2.75) is 0 Å². The molecule has 0 saturated carbocycles. The third-order valence-corrected chi connectivity index (χ3v) is 4.46. The molecule has 0 amide bonds. The summed E-state index contributed by atoms with van der Waals surface area (Å²) in [4.78, 5) is 11.4. The second-order valence-electron chi connectivity index (χ2n) is 6.21. The third kappa shape index (κ3) is 3.46. The number of carboxylic acid groups (broad SMARTS) is 1. The third-order valence-electron chi connectivity index (χ3n) is 4.46. The first-order valence-corrected chi connectivity index (χ1v) is 8.80. The van der Waals surface area contributed by atoms with Crippen molar-refractivity contribution >= 4 is 28.1 Å². The van der Waals surface area contributed by atoms with Crippen molar-refractivity contribution in [3.8, 4) is 11.1 Å². The number of carboxylic acids is 1. The van der Waals surface area contributed by atoms with Gasteiger partial charge in [0, 0.05) is 10.9 Å². The van der Waals surface area contributed by atoms with Crippen LogP contribution in [0, 0.1) is 0 Å². The van der Waals surface area contributed by atoms with E-state index in [1.807, 2.05) is 60.7 Å². The van der Waals surface area contributed by atoms with E-state index in [0.717, 1.165) is 27.6 Å². The minimum Gasteiger partial charge on any atom is -0.478 e. The van der Waals surface area contributed by atoms with Gasteiger partial charge in [0.15, 0.2) is 0 Å². The molecule has 0 aliphatic heterocycles. The maximum Gasteiger partial charge on any atom is 0.337 e. The molecule has 4 rings (SSSR count). The van der Waals surface area contributed by atoms with Gasteiger partial charge in [-0.05, 0) is 23.1 Å². The van der Waals surface area contributed by atoms with Crippen LogP contribution in [0.25, 0.3) is 21.9 Å². The molecule has 0 unspecified atom stereocenters. The zero-order valence-electron chi connectivity index (χ0n) is 14.9. The molecule has 0 aliphatic rings. The Bertz CT molecular complexity index is 1170. The minimum atomic E-state index is -1.02. The Hall–Kier alpha value is -3.99. The predicted molar refractivity (Wildman–Crippen MR) is 111 cm³/mol. The molecule has 0 saturated heterocycles. The summed E-state index contributed by atoms with van der Waals surface area (Å²) in [6.45, 7) is 0. The van der Waals surface area contributed by atoms with Crippen LogP contribution < -0.4 is 5.43 Å². The summed E-state index contributed by atoms with van der Waals surface area (Å²) in [6, 6.07) is 28.6. The van der Waals surface area contributed by atoms with E-state index >= 15 is 0 Å². The highest BCUT2D eigenvalue weighted by molar-refractivity contribution is 6.00. The fourth-order valence-corrected chi connectivity index (χ4v) is 3.11. The molecule has 0 bridgehead atoms. The summed E-state index contributed by atoms with van der Waals surface area (Å²) >= 11 is 0. The molecule has 0 fully saturated rings. The van der Waals surface area contributed by atoms with Crippen LogP contribution in [-0.4, -0.2) is 11.1 Å². The van der Waals surface area contributed by atoms with Crippen LogP contribution in [0.1, 0.15) is 10.4 Å². The van der Waals surface area contributed by atoms with Gasteiger partial charge in [0.05, 0.1) is 11.3 Å². The van der Waals surface area contributed by atoms with E-state index in [1.165, 1.54) is 6.07 Å². The second-order valence-corrected chi connectivity index (χ2v) is 6.21. The number of nitrogens with one attached hydrogen (secondary N) is 1. The number of para-hydroxylation sites is 1. The lowest BCUT2D eigenvalue weighted by molar-refractivity contribution is 0.0698. The molecular formula is C23H17N3O2. The fraction of sp³-hybridized carbons (Fsp3) is 0. The number of carbonyl (C=O) groups is 1. The van der Waals surface area contributed by atoms with Crippen molar-refractivity contribution in [1.82, 2.24) is 0 Å². The van der Waals surface area contributed by atoms with Crippen molar-refractivity contribution in [2.75, 3.05) is 5.43 Å².